The fourth-order valence-corrected chi connectivity index (χ4v) is 3.47. The zero-order chi connectivity index (χ0) is 19.6. The minimum Gasteiger partial charge on any atom is -0.355 e. The van der Waals surface area contributed by atoms with E-state index in [0.717, 1.165) is 18.4 Å². The van der Waals surface area contributed by atoms with Gasteiger partial charge in [-0.3, -0.25) is 14.6 Å². The summed E-state index contributed by atoms with van der Waals surface area (Å²) in [4.78, 5) is 36.2. The average Bonchev–Trinajstić information content (AvgIpc) is 3.52. The summed E-state index contributed by atoms with van der Waals surface area (Å²) >= 11 is 0. The van der Waals surface area contributed by atoms with E-state index in [-0.39, 0.29) is 23.3 Å². The van der Waals surface area contributed by atoms with Crippen LogP contribution >= 0.6 is 0 Å². The molecule has 0 spiro atoms. The number of carbonyl (C=O) groups is 1. The molecule has 3 aromatic rings. The van der Waals surface area contributed by atoms with Gasteiger partial charge in [0, 0.05) is 41.2 Å². The van der Waals surface area contributed by atoms with Crippen LogP contribution in [0.2, 0.25) is 0 Å². The van der Waals surface area contributed by atoms with E-state index in [0.29, 0.717) is 23.6 Å². The fraction of sp³-hybridized carbons (Fsp3) is 0.273. The number of rotatable bonds is 6. The van der Waals surface area contributed by atoms with E-state index in [4.69, 9.17) is 0 Å². The molecule has 1 fully saturated rings. The summed E-state index contributed by atoms with van der Waals surface area (Å²) in [6.45, 7) is 2.35. The number of amides is 1. The molecule has 1 aromatic carbocycles. The SMILES string of the molecule is Cc1nc(-c2ccncc2)[nH]c(=O)c1CC(=O)NCC1(c2ccccc2)CC1. The summed E-state index contributed by atoms with van der Waals surface area (Å²) < 4.78 is 0. The van der Waals surface area contributed by atoms with E-state index in [1.807, 2.05) is 18.2 Å². The maximum Gasteiger partial charge on any atom is 0.255 e. The average molecular weight is 374 g/mol. The Balaban J connectivity index is 1.44. The highest BCUT2D eigenvalue weighted by molar-refractivity contribution is 5.79. The maximum absolute atomic E-state index is 12.5. The van der Waals surface area contributed by atoms with Gasteiger partial charge in [0.15, 0.2) is 0 Å². The van der Waals surface area contributed by atoms with Gasteiger partial charge in [0.05, 0.1) is 6.42 Å². The van der Waals surface area contributed by atoms with Crippen LogP contribution in [0.1, 0.15) is 29.7 Å². The van der Waals surface area contributed by atoms with Crippen LogP contribution < -0.4 is 10.9 Å². The van der Waals surface area contributed by atoms with Crippen molar-refractivity contribution in [1.82, 2.24) is 20.3 Å². The summed E-state index contributed by atoms with van der Waals surface area (Å²) in [6.07, 6.45) is 5.45. The molecule has 1 aliphatic rings. The minimum atomic E-state index is -0.279. The van der Waals surface area contributed by atoms with Crippen molar-refractivity contribution < 1.29 is 4.79 Å². The van der Waals surface area contributed by atoms with Gasteiger partial charge in [0.1, 0.15) is 5.82 Å². The molecule has 0 radical (unpaired) electrons. The Labute approximate surface area is 163 Å². The monoisotopic (exact) mass is 374 g/mol. The highest BCUT2D eigenvalue weighted by atomic mass is 16.2. The van der Waals surface area contributed by atoms with Gasteiger partial charge in [-0.1, -0.05) is 30.3 Å². The fourth-order valence-electron chi connectivity index (χ4n) is 3.47. The highest BCUT2D eigenvalue weighted by Gasteiger charge is 2.44. The first kappa shape index (κ1) is 18.1. The number of aromatic nitrogens is 3. The molecule has 142 valence electrons. The van der Waals surface area contributed by atoms with Gasteiger partial charge in [-0.05, 0) is 37.5 Å². The van der Waals surface area contributed by atoms with Crippen LogP contribution in [0.5, 0.6) is 0 Å². The number of hydrogen-bond donors (Lipinski definition) is 2. The van der Waals surface area contributed by atoms with E-state index in [1.165, 1.54) is 5.56 Å². The van der Waals surface area contributed by atoms with Crippen molar-refractivity contribution in [3.63, 3.8) is 0 Å². The van der Waals surface area contributed by atoms with E-state index < -0.39 is 0 Å². The third kappa shape index (κ3) is 3.71. The van der Waals surface area contributed by atoms with E-state index in [2.05, 4.69) is 32.4 Å². The number of nitrogens with one attached hydrogen (secondary N) is 2. The molecule has 1 amide bonds. The third-order valence-corrected chi connectivity index (χ3v) is 5.38. The van der Waals surface area contributed by atoms with Crippen LogP contribution in [0, 0.1) is 6.92 Å². The third-order valence-electron chi connectivity index (χ3n) is 5.38. The largest absolute Gasteiger partial charge is 0.355 e. The Hall–Kier alpha value is -3.28. The molecule has 0 atom stereocenters. The van der Waals surface area contributed by atoms with Crippen molar-refractivity contribution in [3.05, 3.63) is 82.0 Å². The second-order valence-corrected chi connectivity index (χ2v) is 7.31. The topological polar surface area (TPSA) is 87.7 Å². The predicted octanol–water partition coefficient (Wildman–Crippen LogP) is 2.53. The van der Waals surface area contributed by atoms with Crippen molar-refractivity contribution >= 4 is 5.91 Å². The van der Waals surface area contributed by atoms with Gasteiger partial charge in [-0.15, -0.1) is 0 Å². The molecule has 2 heterocycles. The van der Waals surface area contributed by atoms with Crippen molar-refractivity contribution in [2.45, 2.75) is 31.6 Å². The van der Waals surface area contributed by atoms with Crippen molar-refractivity contribution in [2.24, 2.45) is 0 Å². The maximum atomic E-state index is 12.5. The lowest BCUT2D eigenvalue weighted by Crippen LogP contribution is -2.34. The Morgan fingerprint density at radius 2 is 1.86 bits per heavy atom. The molecule has 0 bridgehead atoms. The smallest absolute Gasteiger partial charge is 0.255 e. The molecular weight excluding hydrogens is 352 g/mol. The molecule has 28 heavy (non-hydrogen) atoms. The van der Waals surface area contributed by atoms with Gasteiger partial charge in [-0.2, -0.15) is 0 Å². The lowest BCUT2D eigenvalue weighted by molar-refractivity contribution is -0.120. The first-order valence-electron chi connectivity index (χ1n) is 9.40. The quantitative estimate of drug-likeness (QED) is 0.694. The van der Waals surface area contributed by atoms with Gasteiger partial charge < -0.3 is 10.3 Å². The molecule has 0 unspecified atom stereocenters. The second-order valence-electron chi connectivity index (χ2n) is 7.31. The van der Waals surface area contributed by atoms with E-state index in [1.54, 1.807) is 31.5 Å². The van der Waals surface area contributed by atoms with Crippen molar-refractivity contribution in [2.75, 3.05) is 6.54 Å². The van der Waals surface area contributed by atoms with Crippen LogP contribution in [-0.2, 0) is 16.6 Å². The minimum absolute atomic E-state index is 0.0235. The molecule has 6 nitrogen and oxygen atoms in total. The number of H-pyrrole nitrogens is 1. The molecule has 2 aromatic heterocycles. The van der Waals surface area contributed by atoms with Gasteiger partial charge in [0.25, 0.3) is 5.56 Å². The first-order valence-corrected chi connectivity index (χ1v) is 9.40. The van der Waals surface area contributed by atoms with Crippen LogP contribution in [-0.4, -0.2) is 27.4 Å². The summed E-state index contributed by atoms with van der Waals surface area (Å²) in [7, 11) is 0. The van der Waals surface area contributed by atoms with Gasteiger partial charge >= 0.3 is 0 Å². The van der Waals surface area contributed by atoms with Crippen LogP contribution in [0.25, 0.3) is 11.4 Å². The van der Waals surface area contributed by atoms with Gasteiger partial charge in [0.2, 0.25) is 5.91 Å². The molecule has 6 heteroatoms. The Morgan fingerprint density at radius 3 is 2.50 bits per heavy atom. The Kier molecular flexibility index (Phi) is 4.77. The number of carbonyl (C=O) groups excluding carboxylic acids is 1. The highest BCUT2D eigenvalue weighted by Crippen LogP contribution is 2.47. The van der Waals surface area contributed by atoms with Gasteiger partial charge in [-0.25, -0.2) is 4.98 Å². The van der Waals surface area contributed by atoms with Crippen LogP contribution in [0.15, 0.2) is 59.7 Å². The number of aromatic amines is 1. The second kappa shape index (κ2) is 7.38. The molecule has 2 N–H and O–H groups in total. The zero-order valence-corrected chi connectivity index (χ0v) is 15.7. The zero-order valence-electron chi connectivity index (χ0n) is 15.7. The summed E-state index contributed by atoms with van der Waals surface area (Å²) in [5.41, 5.74) is 2.77. The Bertz CT molecular complexity index is 1040. The first-order chi connectivity index (χ1) is 13.6. The lowest BCUT2D eigenvalue weighted by Gasteiger charge is -2.16. The molecule has 0 aliphatic heterocycles. The molecule has 4 rings (SSSR count). The molecular formula is C22H22N4O2. The van der Waals surface area contributed by atoms with E-state index >= 15 is 0 Å². The van der Waals surface area contributed by atoms with Crippen molar-refractivity contribution in [3.8, 4) is 11.4 Å². The molecule has 1 saturated carbocycles. The number of nitrogens with zero attached hydrogens (tertiary/aromatic N) is 2. The lowest BCUT2D eigenvalue weighted by atomic mass is 9.96. The number of benzene rings is 1. The molecule has 0 saturated heterocycles. The molecule has 1 aliphatic carbocycles. The Morgan fingerprint density at radius 1 is 1.14 bits per heavy atom. The number of pyridine rings is 1. The summed E-state index contributed by atoms with van der Waals surface area (Å²) in [6, 6.07) is 13.8. The number of hydrogen-bond acceptors (Lipinski definition) is 4. The summed E-state index contributed by atoms with van der Waals surface area (Å²) in [5, 5.41) is 3.01. The van der Waals surface area contributed by atoms with Crippen LogP contribution in [0.3, 0.4) is 0 Å². The standard InChI is InChI=1S/C22H22N4O2/c1-15-18(21(28)26-20(25-15)16-7-11-23-12-8-16)13-19(27)24-14-22(9-10-22)17-5-3-2-4-6-17/h2-8,11-12H,9-10,13-14H2,1H3,(H,24,27)(H,25,26,28). The number of aryl methyl sites for hydroxylation is 1. The van der Waals surface area contributed by atoms with Crippen molar-refractivity contribution in [1.29, 1.82) is 0 Å². The predicted molar refractivity (Wildman–Crippen MR) is 107 cm³/mol. The normalized spacial score (nSPS) is 14.5. The summed E-state index contributed by atoms with van der Waals surface area (Å²) in [5.74, 6) is 0.323. The van der Waals surface area contributed by atoms with Crippen LogP contribution in [0.4, 0.5) is 0 Å². The van der Waals surface area contributed by atoms with E-state index in [9.17, 15) is 9.59 Å².